The minimum Gasteiger partial charge on any atom is -0.493 e. The third kappa shape index (κ3) is 4.90. The summed E-state index contributed by atoms with van der Waals surface area (Å²) in [4.78, 5) is 18.4. The normalized spacial score (nSPS) is 15.3. The molecule has 0 aliphatic carbocycles. The van der Waals surface area contributed by atoms with E-state index in [0.29, 0.717) is 29.4 Å². The van der Waals surface area contributed by atoms with Crippen LogP contribution in [0.25, 0.3) is 10.9 Å². The second kappa shape index (κ2) is 9.52. The van der Waals surface area contributed by atoms with Gasteiger partial charge in [0.05, 0.1) is 19.7 Å². The number of hydrogen-bond acceptors (Lipinski definition) is 4. The lowest BCUT2D eigenvalue weighted by Crippen LogP contribution is -2.35. The van der Waals surface area contributed by atoms with Crippen LogP contribution >= 0.6 is 0 Å². The van der Waals surface area contributed by atoms with Gasteiger partial charge in [0.25, 0.3) is 0 Å². The predicted molar refractivity (Wildman–Crippen MR) is 120 cm³/mol. The molecule has 1 aromatic heterocycles. The molecule has 0 radical (unpaired) electrons. The second-order valence-corrected chi connectivity index (χ2v) is 8.24. The number of ether oxygens (including phenoxy) is 2. The third-order valence-electron chi connectivity index (χ3n) is 6.29. The Kier molecular flexibility index (Phi) is 6.56. The maximum atomic E-state index is 13.1. The lowest BCUT2D eigenvalue weighted by atomic mass is 9.90. The van der Waals surface area contributed by atoms with E-state index in [-0.39, 0.29) is 11.6 Å². The number of carbonyl (C=O) groups is 1. The number of rotatable bonds is 8. The standard InChI is InChI=1S/C25H29FN2O3/c1-30-24-14-20-21(16-27-22(20)15-25(24)31-2)23(29)9-12-28-10-7-18(8-11-28)13-17-3-5-19(26)6-4-17/h3-6,14-16,18,27H,7-13H2,1-2H3. The molecular weight excluding hydrogens is 395 g/mol. The Labute approximate surface area is 182 Å². The van der Waals surface area contributed by atoms with E-state index in [4.69, 9.17) is 9.47 Å². The Morgan fingerprint density at radius 1 is 1.10 bits per heavy atom. The quantitative estimate of drug-likeness (QED) is 0.525. The first-order chi connectivity index (χ1) is 15.1. The summed E-state index contributed by atoms with van der Waals surface area (Å²) < 4.78 is 23.8. The van der Waals surface area contributed by atoms with Crippen LogP contribution < -0.4 is 9.47 Å². The molecule has 1 fully saturated rings. The number of carbonyl (C=O) groups excluding carboxylic acids is 1. The van der Waals surface area contributed by atoms with Gasteiger partial charge < -0.3 is 19.4 Å². The molecule has 6 heteroatoms. The van der Waals surface area contributed by atoms with Crippen molar-refractivity contribution in [1.29, 1.82) is 0 Å². The average molecular weight is 425 g/mol. The third-order valence-corrected chi connectivity index (χ3v) is 6.29. The fourth-order valence-electron chi connectivity index (χ4n) is 4.44. The van der Waals surface area contributed by atoms with Crippen molar-refractivity contribution < 1.29 is 18.7 Å². The van der Waals surface area contributed by atoms with Crippen molar-refractivity contribution in [3.05, 3.63) is 59.5 Å². The number of hydrogen-bond donors (Lipinski definition) is 1. The zero-order valence-electron chi connectivity index (χ0n) is 18.1. The zero-order chi connectivity index (χ0) is 21.8. The van der Waals surface area contributed by atoms with Gasteiger partial charge in [-0.15, -0.1) is 0 Å². The number of methoxy groups -OCH3 is 2. The van der Waals surface area contributed by atoms with Crippen molar-refractivity contribution >= 4 is 16.7 Å². The molecule has 1 N–H and O–H groups in total. The summed E-state index contributed by atoms with van der Waals surface area (Å²) >= 11 is 0. The van der Waals surface area contributed by atoms with Gasteiger partial charge in [0, 0.05) is 36.2 Å². The van der Waals surface area contributed by atoms with Crippen molar-refractivity contribution in [3.8, 4) is 11.5 Å². The van der Waals surface area contributed by atoms with Crippen LogP contribution in [0.3, 0.4) is 0 Å². The molecule has 0 saturated carbocycles. The van der Waals surface area contributed by atoms with Crippen LogP contribution in [-0.4, -0.2) is 49.5 Å². The Bertz CT molecular complexity index is 1040. The molecule has 5 nitrogen and oxygen atoms in total. The first-order valence-electron chi connectivity index (χ1n) is 10.8. The Balaban J connectivity index is 1.31. The van der Waals surface area contributed by atoms with Gasteiger partial charge in [0.2, 0.25) is 0 Å². The molecule has 0 unspecified atom stereocenters. The first-order valence-corrected chi connectivity index (χ1v) is 10.8. The summed E-state index contributed by atoms with van der Waals surface area (Å²) in [5.41, 5.74) is 2.76. The number of aromatic amines is 1. The highest BCUT2D eigenvalue weighted by atomic mass is 19.1. The van der Waals surface area contributed by atoms with E-state index < -0.39 is 0 Å². The maximum absolute atomic E-state index is 13.1. The van der Waals surface area contributed by atoms with Gasteiger partial charge in [-0.3, -0.25) is 4.79 Å². The summed E-state index contributed by atoms with van der Waals surface area (Å²) in [7, 11) is 3.19. The van der Waals surface area contributed by atoms with E-state index in [2.05, 4.69) is 9.88 Å². The van der Waals surface area contributed by atoms with Gasteiger partial charge >= 0.3 is 0 Å². The van der Waals surface area contributed by atoms with E-state index in [1.54, 1.807) is 20.4 Å². The van der Waals surface area contributed by atoms with Crippen LogP contribution in [0, 0.1) is 11.7 Å². The number of fused-ring (bicyclic) bond motifs is 1. The minimum absolute atomic E-state index is 0.131. The van der Waals surface area contributed by atoms with Crippen molar-refractivity contribution in [3.63, 3.8) is 0 Å². The summed E-state index contributed by atoms with van der Waals surface area (Å²) in [6, 6.07) is 10.5. The van der Waals surface area contributed by atoms with E-state index in [1.807, 2.05) is 24.3 Å². The molecular formula is C25H29FN2O3. The molecule has 31 heavy (non-hydrogen) atoms. The first kappa shape index (κ1) is 21.4. The fraction of sp³-hybridized carbons (Fsp3) is 0.400. The number of piperidine rings is 1. The number of nitrogens with one attached hydrogen (secondary N) is 1. The van der Waals surface area contributed by atoms with E-state index in [1.165, 1.54) is 17.7 Å². The van der Waals surface area contributed by atoms with Crippen LogP contribution in [0.2, 0.25) is 0 Å². The van der Waals surface area contributed by atoms with Crippen molar-refractivity contribution in [2.75, 3.05) is 33.9 Å². The Morgan fingerprint density at radius 2 is 1.77 bits per heavy atom. The van der Waals surface area contributed by atoms with Crippen LogP contribution in [0.1, 0.15) is 35.2 Å². The SMILES string of the molecule is COc1cc2[nH]cc(C(=O)CCN3CCC(Cc4ccc(F)cc4)CC3)c2cc1OC. The largest absolute Gasteiger partial charge is 0.493 e. The number of H-pyrrole nitrogens is 1. The van der Waals surface area contributed by atoms with Gasteiger partial charge in [-0.1, -0.05) is 12.1 Å². The monoisotopic (exact) mass is 424 g/mol. The smallest absolute Gasteiger partial charge is 0.166 e. The van der Waals surface area contributed by atoms with Crippen LogP contribution in [0.5, 0.6) is 11.5 Å². The molecule has 0 bridgehead atoms. The maximum Gasteiger partial charge on any atom is 0.166 e. The highest BCUT2D eigenvalue weighted by molar-refractivity contribution is 6.08. The molecule has 0 atom stereocenters. The van der Waals surface area contributed by atoms with Crippen molar-refractivity contribution in [1.82, 2.24) is 9.88 Å². The second-order valence-electron chi connectivity index (χ2n) is 8.24. The summed E-state index contributed by atoms with van der Waals surface area (Å²) in [6.45, 7) is 2.76. The highest BCUT2D eigenvalue weighted by Gasteiger charge is 2.21. The van der Waals surface area contributed by atoms with Crippen molar-refractivity contribution in [2.45, 2.75) is 25.7 Å². The topological polar surface area (TPSA) is 54.6 Å². The van der Waals surface area contributed by atoms with Crippen LogP contribution in [0.15, 0.2) is 42.6 Å². The Hall–Kier alpha value is -2.86. The molecule has 1 saturated heterocycles. The summed E-state index contributed by atoms with van der Waals surface area (Å²) in [6.07, 6.45) is 5.48. The van der Waals surface area contributed by atoms with Gasteiger partial charge in [-0.05, 0) is 62.0 Å². The minimum atomic E-state index is -0.184. The number of likely N-dealkylation sites (tertiary alicyclic amines) is 1. The molecule has 2 aromatic carbocycles. The lowest BCUT2D eigenvalue weighted by molar-refractivity contribution is 0.0952. The highest BCUT2D eigenvalue weighted by Crippen LogP contribution is 2.33. The Morgan fingerprint density at radius 3 is 2.45 bits per heavy atom. The lowest BCUT2D eigenvalue weighted by Gasteiger charge is -2.31. The van der Waals surface area contributed by atoms with Gasteiger partial charge in [0.15, 0.2) is 17.3 Å². The molecule has 1 aliphatic rings. The molecule has 4 rings (SSSR count). The fourth-order valence-corrected chi connectivity index (χ4v) is 4.44. The number of aromatic nitrogens is 1. The number of Topliss-reactive ketones (excluding diaryl/α,β-unsaturated/α-hetero) is 1. The van der Waals surface area contributed by atoms with Gasteiger partial charge in [0.1, 0.15) is 5.82 Å². The van der Waals surface area contributed by atoms with Gasteiger partial charge in [-0.2, -0.15) is 0 Å². The molecule has 3 aromatic rings. The molecule has 164 valence electrons. The number of benzene rings is 2. The van der Waals surface area contributed by atoms with Crippen molar-refractivity contribution in [2.24, 2.45) is 5.92 Å². The molecule has 0 amide bonds. The molecule has 2 heterocycles. The van der Waals surface area contributed by atoms with E-state index >= 15 is 0 Å². The zero-order valence-corrected chi connectivity index (χ0v) is 18.1. The number of halogens is 1. The average Bonchev–Trinajstić information content (AvgIpc) is 3.21. The predicted octanol–water partition coefficient (Wildman–Crippen LogP) is 4.85. The summed E-state index contributed by atoms with van der Waals surface area (Å²) in [5.74, 6) is 1.82. The summed E-state index contributed by atoms with van der Waals surface area (Å²) in [5, 5.41) is 0.862. The van der Waals surface area contributed by atoms with Crippen LogP contribution in [-0.2, 0) is 6.42 Å². The number of ketones is 1. The molecule has 1 aliphatic heterocycles. The molecule has 0 spiro atoms. The number of nitrogens with zero attached hydrogens (tertiary/aromatic N) is 1. The van der Waals surface area contributed by atoms with E-state index in [0.717, 1.165) is 49.8 Å². The van der Waals surface area contributed by atoms with E-state index in [9.17, 15) is 9.18 Å². The van der Waals surface area contributed by atoms with Crippen LogP contribution in [0.4, 0.5) is 4.39 Å². The van der Waals surface area contributed by atoms with Gasteiger partial charge in [-0.25, -0.2) is 4.39 Å².